The number of carbonyl (C=O) groups excluding carboxylic acids is 1. The van der Waals surface area contributed by atoms with Crippen LogP contribution in [0.1, 0.15) is 25.8 Å². The van der Waals surface area contributed by atoms with Gasteiger partial charge in [0.1, 0.15) is 11.5 Å². The second-order valence-electron chi connectivity index (χ2n) is 7.14. The molecule has 2 aromatic rings. The first-order valence-electron chi connectivity index (χ1n) is 9.32. The summed E-state index contributed by atoms with van der Waals surface area (Å²) in [6, 6.07) is 0.751. The van der Waals surface area contributed by atoms with Crippen molar-refractivity contribution in [2.75, 3.05) is 31.1 Å². The van der Waals surface area contributed by atoms with Crippen molar-refractivity contribution >= 4 is 28.7 Å². The Morgan fingerprint density at radius 1 is 1.28 bits per heavy atom. The summed E-state index contributed by atoms with van der Waals surface area (Å²) in [5.41, 5.74) is -1.38. The van der Waals surface area contributed by atoms with Crippen molar-refractivity contribution in [3.8, 4) is 5.75 Å². The van der Waals surface area contributed by atoms with E-state index >= 15 is 4.39 Å². The van der Waals surface area contributed by atoms with E-state index < -0.39 is 29.0 Å². The van der Waals surface area contributed by atoms with E-state index in [0.717, 1.165) is 12.3 Å². The lowest BCUT2D eigenvalue weighted by Gasteiger charge is -2.35. The van der Waals surface area contributed by atoms with Crippen LogP contribution in [0.3, 0.4) is 0 Å². The van der Waals surface area contributed by atoms with Crippen molar-refractivity contribution in [1.82, 2.24) is 9.47 Å². The number of fused-ring (bicyclic) bond motifs is 1. The number of carboxylic acid groups (broad SMARTS) is 1. The maximum Gasteiger partial charge on any atom is 0.511 e. The van der Waals surface area contributed by atoms with Gasteiger partial charge in [0, 0.05) is 25.7 Å². The molecule has 29 heavy (non-hydrogen) atoms. The van der Waals surface area contributed by atoms with Gasteiger partial charge in [-0.2, -0.15) is 0 Å². The van der Waals surface area contributed by atoms with Gasteiger partial charge in [-0.15, -0.1) is 0 Å². The zero-order valence-electron chi connectivity index (χ0n) is 15.7. The van der Waals surface area contributed by atoms with Crippen LogP contribution >= 0.6 is 0 Å². The van der Waals surface area contributed by atoms with Crippen LogP contribution in [0.25, 0.3) is 10.9 Å². The molecule has 1 saturated carbocycles. The van der Waals surface area contributed by atoms with Gasteiger partial charge in [-0.1, -0.05) is 0 Å². The molecular formula is C19H19F2N3O5. The number of piperazine rings is 1. The predicted octanol–water partition coefficient (Wildman–Crippen LogP) is 2.34. The minimum absolute atomic E-state index is 0.114. The molecule has 154 valence electrons. The van der Waals surface area contributed by atoms with Crippen molar-refractivity contribution in [2.45, 2.75) is 25.8 Å². The van der Waals surface area contributed by atoms with Crippen molar-refractivity contribution in [3.05, 3.63) is 34.1 Å². The summed E-state index contributed by atoms with van der Waals surface area (Å²) in [6.45, 7) is 2.78. The van der Waals surface area contributed by atoms with Crippen LogP contribution in [-0.4, -0.2) is 52.8 Å². The van der Waals surface area contributed by atoms with Crippen LogP contribution < -0.4 is 15.1 Å². The zero-order valence-corrected chi connectivity index (χ0v) is 15.7. The highest BCUT2D eigenvalue weighted by molar-refractivity contribution is 5.88. The molecule has 1 saturated heterocycles. The molecule has 2 aliphatic rings. The fraction of sp³-hybridized carbons (Fsp3) is 0.421. The topological polar surface area (TPSA) is 92.1 Å². The number of hydrogen-bond acceptors (Lipinski definition) is 5. The van der Waals surface area contributed by atoms with E-state index in [0.29, 0.717) is 25.9 Å². The summed E-state index contributed by atoms with van der Waals surface area (Å²) in [6.07, 6.45) is 0.893. The highest BCUT2D eigenvalue weighted by Gasteiger charge is 2.32. The van der Waals surface area contributed by atoms with Gasteiger partial charge in [0.2, 0.25) is 11.3 Å². The molecule has 0 atom stereocenters. The Kier molecular flexibility index (Phi) is 4.64. The summed E-state index contributed by atoms with van der Waals surface area (Å²) in [5.74, 6) is -2.67. The largest absolute Gasteiger partial charge is 0.511 e. The zero-order chi connectivity index (χ0) is 20.9. The number of anilines is 1. The molecule has 10 heteroatoms. The number of rotatable bonds is 4. The SMILES string of the molecule is CCN1CCN(c2c(F)cc3c(=O)c(OC(=O)O)cn(C4CC4)c3c2F)CC1=O. The van der Waals surface area contributed by atoms with Gasteiger partial charge >= 0.3 is 6.16 Å². The monoisotopic (exact) mass is 407 g/mol. The molecule has 1 aromatic carbocycles. The first kappa shape index (κ1) is 19.2. The molecule has 0 spiro atoms. The highest BCUT2D eigenvalue weighted by atomic mass is 19.1. The summed E-state index contributed by atoms with van der Waals surface area (Å²) in [4.78, 5) is 38.6. The van der Waals surface area contributed by atoms with E-state index in [9.17, 15) is 18.8 Å². The highest BCUT2D eigenvalue weighted by Crippen LogP contribution is 2.40. The molecule has 1 aromatic heterocycles. The number of likely N-dealkylation sites (N-methyl/N-ethyl adjacent to an activating group) is 1. The number of pyridine rings is 1. The lowest BCUT2D eigenvalue weighted by atomic mass is 10.1. The van der Waals surface area contributed by atoms with E-state index in [4.69, 9.17) is 5.11 Å². The van der Waals surface area contributed by atoms with Gasteiger partial charge < -0.3 is 24.2 Å². The van der Waals surface area contributed by atoms with Crippen LogP contribution in [0.5, 0.6) is 5.75 Å². The predicted molar refractivity (Wildman–Crippen MR) is 99.5 cm³/mol. The third kappa shape index (κ3) is 3.28. The lowest BCUT2D eigenvalue weighted by molar-refractivity contribution is -0.130. The number of aromatic nitrogens is 1. The maximum absolute atomic E-state index is 15.5. The Morgan fingerprint density at radius 2 is 2.00 bits per heavy atom. The first-order chi connectivity index (χ1) is 13.8. The number of carbonyl (C=O) groups is 2. The second-order valence-corrected chi connectivity index (χ2v) is 7.14. The molecule has 4 rings (SSSR count). The number of nitrogens with zero attached hydrogens (tertiary/aromatic N) is 3. The molecule has 1 N–H and O–H groups in total. The van der Waals surface area contributed by atoms with E-state index in [-0.39, 0.29) is 41.6 Å². The molecule has 0 bridgehead atoms. The number of halogens is 2. The summed E-state index contributed by atoms with van der Waals surface area (Å²) >= 11 is 0. The summed E-state index contributed by atoms with van der Waals surface area (Å²) < 4.78 is 36.3. The fourth-order valence-corrected chi connectivity index (χ4v) is 3.74. The van der Waals surface area contributed by atoms with E-state index in [1.54, 1.807) is 4.90 Å². The van der Waals surface area contributed by atoms with Crippen LogP contribution in [0.4, 0.5) is 19.3 Å². The molecule has 2 fully saturated rings. The average Bonchev–Trinajstić information content (AvgIpc) is 3.49. The van der Waals surface area contributed by atoms with E-state index in [1.807, 2.05) is 6.92 Å². The Balaban J connectivity index is 1.89. The van der Waals surface area contributed by atoms with Gasteiger partial charge in [-0.25, -0.2) is 13.6 Å². The number of benzene rings is 1. The van der Waals surface area contributed by atoms with Crippen molar-refractivity contribution in [3.63, 3.8) is 0 Å². The molecular weight excluding hydrogens is 388 g/mol. The van der Waals surface area contributed by atoms with Crippen molar-refractivity contribution in [1.29, 1.82) is 0 Å². The number of amides is 1. The normalized spacial score (nSPS) is 17.1. The third-order valence-electron chi connectivity index (χ3n) is 5.31. The molecule has 1 amide bonds. The molecule has 0 radical (unpaired) electrons. The van der Waals surface area contributed by atoms with Gasteiger partial charge in [-0.3, -0.25) is 9.59 Å². The third-order valence-corrected chi connectivity index (χ3v) is 5.31. The van der Waals surface area contributed by atoms with Crippen LogP contribution in [0.2, 0.25) is 0 Å². The minimum Gasteiger partial charge on any atom is -0.449 e. The van der Waals surface area contributed by atoms with E-state index in [1.165, 1.54) is 9.47 Å². The molecule has 0 unspecified atom stereocenters. The smallest absolute Gasteiger partial charge is 0.449 e. The minimum atomic E-state index is -1.69. The maximum atomic E-state index is 15.5. The summed E-state index contributed by atoms with van der Waals surface area (Å²) in [5, 5.41) is 8.54. The number of ether oxygens (including phenoxy) is 1. The summed E-state index contributed by atoms with van der Waals surface area (Å²) in [7, 11) is 0. The van der Waals surface area contributed by atoms with Crippen LogP contribution in [-0.2, 0) is 4.79 Å². The van der Waals surface area contributed by atoms with Gasteiger partial charge in [0.15, 0.2) is 11.6 Å². The van der Waals surface area contributed by atoms with E-state index in [2.05, 4.69) is 4.74 Å². The van der Waals surface area contributed by atoms with Crippen LogP contribution in [0, 0.1) is 11.6 Å². The molecule has 8 nitrogen and oxygen atoms in total. The quantitative estimate of drug-likeness (QED) is 0.783. The second kappa shape index (κ2) is 7.02. The lowest BCUT2D eigenvalue weighted by Crippen LogP contribution is -2.50. The number of hydrogen-bond donors (Lipinski definition) is 1. The Morgan fingerprint density at radius 3 is 2.59 bits per heavy atom. The van der Waals surface area contributed by atoms with Gasteiger partial charge in [-0.05, 0) is 25.8 Å². The standard InChI is InChI=1S/C19H19F2N3O5/c1-2-22-5-6-23(9-14(22)25)17-12(20)7-11-16(15(17)21)24(10-3-4-10)8-13(18(11)26)29-19(27)28/h7-8,10H,2-6,9H2,1H3,(H,27,28). The Hall–Kier alpha value is -3.17. The Labute approximate surface area is 163 Å². The van der Waals surface area contributed by atoms with Gasteiger partial charge in [0.25, 0.3) is 0 Å². The molecule has 1 aliphatic heterocycles. The van der Waals surface area contributed by atoms with Gasteiger partial charge in [0.05, 0.1) is 23.6 Å². The first-order valence-corrected chi connectivity index (χ1v) is 9.32. The Bertz CT molecular complexity index is 1080. The van der Waals surface area contributed by atoms with Crippen LogP contribution in [0.15, 0.2) is 17.1 Å². The molecule has 2 heterocycles. The fourth-order valence-electron chi connectivity index (χ4n) is 3.74. The molecule has 1 aliphatic carbocycles. The average molecular weight is 407 g/mol. The van der Waals surface area contributed by atoms with Crippen molar-refractivity contribution in [2.24, 2.45) is 0 Å². The van der Waals surface area contributed by atoms with Crippen molar-refractivity contribution < 1.29 is 28.2 Å².